The van der Waals surface area contributed by atoms with Gasteiger partial charge in [0.15, 0.2) is 11.5 Å². The maximum absolute atomic E-state index is 11.7. The van der Waals surface area contributed by atoms with Gasteiger partial charge in [0.05, 0.1) is 13.7 Å². The molecule has 7 nitrogen and oxygen atoms in total. The van der Waals surface area contributed by atoms with Crippen LogP contribution < -0.4 is 14.2 Å². The highest BCUT2D eigenvalue weighted by atomic mass is 16.5. The van der Waals surface area contributed by atoms with Gasteiger partial charge in [-0.15, -0.1) is 0 Å². The second kappa shape index (κ2) is 11.6. The summed E-state index contributed by atoms with van der Waals surface area (Å²) in [7, 11) is 1.65. The topological polar surface area (TPSA) is 71.5 Å². The Bertz CT molecular complexity index is 938. The normalized spacial score (nSPS) is 21.0. The van der Waals surface area contributed by atoms with E-state index < -0.39 is 5.60 Å². The highest BCUT2D eigenvalue weighted by Crippen LogP contribution is 2.30. The zero-order chi connectivity index (χ0) is 23.8. The van der Waals surface area contributed by atoms with Gasteiger partial charge in [0.1, 0.15) is 18.0 Å². The monoisotopic (exact) mass is 468 g/mol. The minimum Gasteiger partial charge on any atom is -0.493 e. The van der Waals surface area contributed by atoms with E-state index in [9.17, 15) is 9.90 Å². The quantitative estimate of drug-likeness (QED) is 0.509. The molecular formula is C27H36N2O5. The zero-order valence-corrected chi connectivity index (χ0v) is 20.1. The molecule has 2 aromatic rings. The fourth-order valence-electron chi connectivity index (χ4n) is 4.76. The van der Waals surface area contributed by atoms with E-state index in [4.69, 9.17) is 14.2 Å². The second-order valence-corrected chi connectivity index (χ2v) is 9.31. The van der Waals surface area contributed by atoms with Crippen LogP contribution in [-0.2, 0) is 11.3 Å². The lowest BCUT2D eigenvalue weighted by molar-refractivity contribution is -0.127. The summed E-state index contributed by atoms with van der Waals surface area (Å²) in [6, 6.07) is 15.6. The van der Waals surface area contributed by atoms with E-state index in [0.717, 1.165) is 63.2 Å². The lowest BCUT2D eigenvalue weighted by Crippen LogP contribution is -2.51. The van der Waals surface area contributed by atoms with Crippen LogP contribution in [0.15, 0.2) is 48.5 Å². The van der Waals surface area contributed by atoms with Crippen molar-refractivity contribution in [3.8, 4) is 17.2 Å². The predicted octanol–water partition coefficient (Wildman–Crippen LogP) is 3.49. The van der Waals surface area contributed by atoms with Crippen LogP contribution >= 0.6 is 0 Å². The molecule has 2 aliphatic heterocycles. The molecule has 2 aliphatic rings. The smallest absolute Gasteiger partial charge is 0.222 e. The van der Waals surface area contributed by atoms with E-state index in [1.165, 1.54) is 0 Å². The molecule has 2 aromatic carbocycles. The molecule has 0 bridgehead atoms. The molecule has 0 radical (unpaired) electrons. The van der Waals surface area contributed by atoms with Gasteiger partial charge in [-0.2, -0.15) is 0 Å². The predicted molar refractivity (Wildman–Crippen MR) is 130 cm³/mol. The Kier molecular flexibility index (Phi) is 8.29. The number of benzene rings is 2. The summed E-state index contributed by atoms with van der Waals surface area (Å²) in [5.41, 5.74) is 0.248. The fraction of sp³-hybridized carbons (Fsp3) is 0.519. The summed E-state index contributed by atoms with van der Waals surface area (Å²) in [4.78, 5) is 15.9. The van der Waals surface area contributed by atoms with Gasteiger partial charge in [-0.25, -0.2) is 0 Å². The number of likely N-dealkylation sites (tertiary alicyclic amines) is 2. The largest absolute Gasteiger partial charge is 0.493 e. The Morgan fingerprint density at radius 1 is 1.03 bits per heavy atom. The number of amides is 1. The zero-order valence-electron chi connectivity index (χ0n) is 20.1. The van der Waals surface area contributed by atoms with Crippen molar-refractivity contribution in [2.24, 2.45) is 0 Å². The van der Waals surface area contributed by atoms with Crippen molar-refractivity contribution in [3.05, 3.63) is 54.1 Å². The molecule has 0 unspecified atom stereocenters. The van der Waals surface area contributed by atoms with Crippen LogP contribution in [0.4, 0.5) is 0 Å². The van der Waals surface area contributed by atoms with Crippen molar-refractivity contribution in [2.75, 3.05) is 46.5 Å². The Hall–Kier alpha value is -2.77. The first-order valence-corrected chi connectivity index (χ1v) is 12.2. The van der Waals surface area contributed by atoms with Crippen molar-refractivity contribution in [3.63, 3.8) is 0 Å². The van der Waals surface area contributed by atoms with Gasteiger partial charge in [0, 0.05) is 32.6 Å². The SMILES string of the molecule is COc1cc(CN2CCC[C@@](O)(COc3ccccc3)C2)ccc1OCCCN1CCCC1=O. The van der Waals surface area contributed by atoms with E-state index in [2.05, 4.69) is 11.0 Å². The maximum atomic E-state index is 11.7. The summed E-state index contributed by atoms with van der Waals surface area (Å²) in [6.45, 7) is 4.65. The van der Waals surface area contributed by atoms with Crippen molar-refractivity contribution in [1.29, 1.82) is 0 Å². The molecule has 4 rings (SSSR count). The number of nitrogens with zero attached hydrogens (tertiary/aromatic N) is 2. The third-order valence-corrected chi connectivity index (χ3v) is 6.52. The number of rotatable bonds is 11. The average Bonchev–Trinajstić information content (AvgIpc) is 3.26. The van der Waals surface area contributed by atoms with E-state index in [1.54, 1.807) is 7.11 Å². The van der Waals surface area contributed by atoms with Gasteiger partial charge < -0.3 is 24.2 Å². The van der Waals surface area contributed by atoms with Gasteiger partial charge in [-0.1, -0.05) is 24.3 Å². The molecule has 0 saturated carbocycles. The first kappa shape index (κ1) is 24.4. The number of hydrogen-bond donors (Lipinski definition) is 1. The first-order valence-electron chi connectivity index (χ1n) is 12.2. The summed E-state index contributed by atoms with van der Waals surface area (Å²) in [5, 5.41) is 11.1. The number of piperidine rings is 1. The number of β-amino-alcohol motifs (C(OH)–C–C–N with tert-alkyl or cyclic N) is 1. The summed E-state index contributed by atoms with van der Waals surface area (Å²) in [5.74, 6) is 2.44. The second-order valence-electron chi connectivity index (χ2n) is 9.31. The number of methoxy groups -OCH3 is 1. The fourth-order valence-corrected chi connectivity index (χ4v) is 4.76. The highest BCUT2D eigenvalue weighted by molar-refractivity contribution is 5.77. The molecule has 184 valence electrons. The van der Waals surface area contributed by atoms with E-state index in [-0.39, 0.29) is 12.5 Å². The summed E-state index contributed by atoms with van der Waals surface area (Å²) >= 11 is 0. The number of ether oxygens (including phenoxy) is 3. The summed E-state index contributed by atoms with van der Waals surface area (Å²) < 4.78 is 17.4. The third kappa shape index (κ3) is 6.64. The van der Waals surface area contributed by atoms with E-state index in [0.29, 0.717) is 31.1 Å². The molecule has 0 aliphatic carbocycles. The van der Waals surface area contributed by atoms with Gasteiger partial charge in [-0.3, -0.25) is 9.69 Å². The molecule has 34 heavy (non-hydrogen) atoms. The van der Waals surface area contributed by atoms with E-state index in [1.807, 2.05) is 47.4 Å². The maximum Gasteiger partial charge on any atom is 0.222 e. The van der Waals surface area contributed by atoms with Crippen molar-refractivity contribution in [1.82, 2.24) is 9.80 Å². The lowest BCUT2D eigenvalue weighted by Gasteiger charge is -2.39. The molecule has 0 aromatic heterocycles. The van der Waals surface area contributed by atoms with Gasteiger partial charge in [0.2, 0.25) is 5.91 Å². The Balaban J connectivity index is 1.27. The standard InChI is InChI=1S/C27H36N2O5/c1-32-25-18-22(11-12-24(25)33-17-7-16-29-15-5-10-26(29)30)19-28-14-6-13-27(31,20-28)21-34-23-8-3-2-4-9-23/h2-4,8-9,11-12,18,31H,5-7,10,13-17,19-21H2,1H3/t27-/m0/s1. The van der Waals surface area contributed by atoms with Crippen LogP contribution in [0.3, 0.4) is 0 Å². The van der Waals surface area contributed by atoms with Crippen LogP contribution in [0.5, 0.6) is 17.2 Å². The van der Waals surface area contributed by atoms with Crippen LogP contribution in [0.2, 0.25) is 0 Å². The number of hydrogen-bond acceptors (Lipinski definition) is 6. The molecule has 1 N–H and O–H groups in total. The van der Waals surface area contributed by atoms with Gasteiger partial charge in [0.25, 0.3) is 0 Å². The third-order valence-electron chi connectivity index (χ3n) is 6.52. The molecule has 2 fully saturated rings. The van der Waals surface area contributed by atoms with Crippen molar-refractivity contribution >= 4 is 5.91 Å². The minimum absolute atomic E-state index is 0.248. The molecule has 1 atom stereocenters. The molecule has 0 spiro atoms. The van der Waals surface area contributed by atoms with Crippen molar-refractivity contribution in [2.45, 2.75) is 44.2 Å². The van der Waals surface area contributed by atoms with Crippen LogP contribution in [0, 0.1) is 0 Å². The Morgan fingerprint density at radius 3 is 2.65 bits per heavy atom. The minimum atomic E-state index is -0.863. The number of carbonyl (C=O) groups is 1. The summed E-state index contributed by atoms with van der Waals surface area (Å²) in [6.07, 6.45) is 4.09. The lowest BCUT2D eigenvalue weighted by atomic mass is 9.93. The number of carbonyl (C=O) groups excluding carboxylic acids is 1. The molecule has 7 heteroatoms. The van der Waals surface area contributed by atoms with E-state index >= 15 is 0 Å². The Labute approximate surface area is 202 Å². The average molecular weight is 469 g/mol. The highest BCUT2D eigenvalue weighted by Gasteiger charge is 2.34. The van der Waals surface area contributed by atoms with Crippen LogP contribution in [0.25, 0.3) is 0 Å². The Morgan fingerprint density at radius 2 is 1.88 bits per heavy atom. The van der Waals surface area contributed by atoms with Crippen LogP contribution in [0.1, 0.15) is 37.7 Å². The number of para-hydroxylation sites is 1. The van der Waals surface area contributed by atoms with Gasteiger partial charge >= 0.3 is 0 Å². The molecule has 1 amide bonds. The van der Waals surface area contributed by atoms with Gasteiger partial charge in [-0.05, 0) is 62.1 Å². The first-order chi connectivity index (χ1) is 16.5. The number of aliphatic hydroxyl groups is 1. The van der Waals surface area contributed by atoms with Crippen LogP contribution in [-0.4, -0.2) is 72.9 Å². The molecule has 2 heterocycles. The van der Waals surface area contributed by atoms with Crippen molar-refractivity contribution < 1.29 is 24.1 Å². The molecular weight excluding hydrogens is 432 g/mol. The molecule has 2 saturated heterocycles.